The van der Waals surface area contributed by atoms with Crippen molar-refractivity contribution in [3.63, 3.8) is 0 Å². The fourth-order valence-electron chi connectivity index (χ4n) is 2.65. The van der Waals surface area contributed by atoms with Gasteiger partial charge in [-0.05, 0) is 47.6 Å². The first-order valence-corrected chi connectivity index (χ1v) is 6.80. The second kappa shape index (κ2) is 5.31. The minimum atomic E-state index is 0.0825. The SMILES string of the molecule is O=C(Cc1ccc2c(c1)CCC2)NCc1cc[nH]c1. The van der Waals surface area contributed by atoms with Crippen molar-refractivity contribution < 1.29 is 4.79 Å². The highest BCUT2D eigenvalue weighted by Crippen LogP contribution is 2.22. The van der Waals surface area contributed by atoms with Crippen LogP contribution in [0.5, 0.6) is 0 Å². The van der Waals surface area contributed by atoms with Crippen LogP contribution in [-0.2, 0) is 30.6 Å². The van der Waals surface area contributed by atoms with Crippen LogP contribution in [0.1, 0.15) is 28.7 Å². The molecule has 1 heterocycles. The minimum absolute atomic E-state index is 0.0825. The normalized spacial score (nSPS) is 13.3. The molecular formula is C16H18N2O. The molecule has 0 aliphatic heterocycles. The molecule has 3 heteroatoms. The van der Waals surface area contributed by atoms with Gasteiger partial charge < -0.3 is 10.3 Å². The maximum atomic E-state index is 11.9. The monoisotopic (exact) mass is 254 g/mol. The minimum Gasteiger partial charge on any atom is -0.367 e. The number of aromatic nitrogens is 1. The number of fused-ring (bicyclic) bond motifs is 1. The Morgan fingerprint density at radius 3 is 2.89 bits per heavy atom. The van der Waals surface area contributed by atoms with Crippen LogP contribution in [0.4, 0.5) is 0 Å². The van der Waals surface area contributed by atoms with E-state index in [4.69, 9.17) is 0 Å². The van der Waals surface area contributed by atoms with Gasteiger partial charge in [0, 0.05) is 18.9 Å². The molecule has 3 nitrogen and oxygen atoms in total. The Kier molecular flexibility index (Phi) is 3.36. The number of hydrogen-bond donors (Lipinski definition) is 2. The van der Waals surface area contributed by atoms with E-state index >= 15 is 0 Å². The number of carbonyl (C=O) groups is 1. The summed E-state index contributed by atoms with van der Waals surface area (Å²) in [5.41, 5.74) is 5.10. The van der Waals surface area contributed by atoms with Gasteiger partial charge in [0.05, 0.1) is 6.42 Å². The van der Waals surface area contributed by atoms with Crippen molar-refractivity contribution in [3.8, 4) is 0 Å². The van der Waals surface area contributed by atoms with E-state index in [1.165, 1.54) is 24.0 Å². The number of H-pyrrole nitrogens is 1. The average Bonchev–Trinajstić information content (AvgIpc) is 3.07. The molecule has 0 saturated carbocycles. The van der Waals surface area contributed by atoms with Gasteiger partial charge >= 0.3 is 0 Å². The van der Waals surface area contributed by atoms with Crippen LogP contribution in [0.2, 0.25) is 0 Å². The zero-order valence-electron chi connectivity index (χ0n) is 10.9. The van der Waals surface area contributed by atoms with Crippen molar-refractivity contribution >= 4 is 5.91 Å². The lowest BCUT2D eigenvalue weighted by Gasteiger charge is -2.06. The largest absolute Gasteiger partial charge is 0.367 e. The van der Waals surface area contributed by atoms with Gasteiger partial charge in [-0.2, -0.15) is 0 Å². The number of aromatic amines is 1. The molecule has 1 aromatic carbocycles. The predicted molar refractivity (Wildman–Crippen MR) is 74.8 cm³/mol. The van der Waals surface area contributed by atoms with E-state index in [2.05, 4.69) is 28.5 Å². The van der Waals surface area contributed by atoms with Crippen LogP contribution in [0, 0.1) is 0 Å². The summed E-state index contributed by atoms with van der Waals surface area (Å²) in [4.78, 5) is 14.9. The van der Waals surface area contributed by atoms with Crippen LogP contribution in [0.3, 0.4) is 0 Å². The second-order valence-electron chi connectivity index (χ2n) is 5.13. The van der Waals surface area contributed by atoms with Crippen molar-refractivity contribution in [2.45, 2.75) is 32.2 Å². The summed E-state index contributed by atoms with van der Waals surface area (Å²) in [5, 5.41) is 2.94. The molecule has 0 unspecified atom stereocenters. The van der Waals surface area contributed by atoms with E-state index in [1.807, 2.05) is 18.5 Å². The summed E-state index contributed by atoms with van der Waals surface area (Å²) in [6.45, 7) is 0.591. The first-order valence-electron chi connectivity index (χ1n) is 6.80. The highest BCUT2D eigenvalue weighted by Gasteiger charge is 2.12. The van der Waals surface area contributed by atoms with E-state index in [0.717, 1.165) is 17.5 Å². The third-order valence-electron chi connectivity index (χ3n) is 3.68. The Bertz CT molecular complexity index is 572. The molecule has 98 valence electrons. The van der Waals surface area contributed by atoms with Gasteiger partial charge in [-0.25, -0.2) is 0 Å². The summed E-state index contributed by atoms with van der Waals surface area (Å²) < 4.78 is 0. The Morgan fingerprint density at radius 1 is 1.16 bits per heavy atom. The van der Waals surface area contributed by atoms with Gasteiger partial charge in [0.2, 0.25) is 5.91 Å². The third-order valence-corrected chi connectivity index (χ3v) is 3.68. The van der Waals surface area contributed by atoms with Gasteiger partial charge in [-0.1, -0.05) is 18.2 Å². The highest BCUT2D eigenvalue weighted by molar-refractivity contribution is 5.78. The molecule has 0 spiro atoms. The number of benzene rings is 1. The Balaban J connectivity index is 1.57. The van der Waals surface area contributed by atoms with Gasteiger partial charge in [-0.15, -0.1) is 0 Å². The molecule has 1 amide bonds. The van der Waals surface area contributed by atoms with Crippen LogP contribution in [-0.4, -0.2) is 10.9 Å². The third kappa shape index (κ3) is 2.87. The molecule has 0 radical (unpaired) electrons. The van der Waals surface area contributed by atoms with Crippen molar-refractivity contribution in [3.05, 3.63) is 58.9 Å². The van der Waals surface area contributed by atoms with Gasteiger partial charge in [0.15, 0.2) is 0 Å². The molecule has 0 atom stereocenters. The van der Waals surface area contributed by atoms with E-state index in [1.54, 1.807) is 0 Å². The molecule has 2 aromatic rings. The molecule has 19 heavy (non-hydrogen) atoms. The standard InChI is InChI=1S/C16H18N2O/c19-16(18-11-13-6-7-17-10-13)9-12-4-5-14-2-1-3-15(14)8-12/h4-8,10,17H,1-3,9,11H2,(H,18,19). The molecule has 0 saturated heterocycles. The lowest BCUT2D eigenvalue weighted by atomic mass is 10.0. The number of aryl methyl sites for hydroxylation is 2. The molecular weight excluding hydrogens is 236 g/mol. The molecule has 3 rings (SSSR count). The second-order valence-corrected chi connectivity index (χ2v) is 5.13. The van der Waals surface area contributed by atoms with Crippen molar-refractivity contribution in [2.75, 3.05) is 0 Å². The summed E-state index contributed by atoms with van der Waals surface area (Å²) in [7, 11) is 0. The summed E-state index contributed by atoms with van der Waals surface area (Å²) in [5.74, 6) is 0.0825. The molecule has 1 aliphatic carbocycles. The summed E-state index contributed by atoms with van der Waals surface area (Å²) in [6, 6.07) is 8.42. The fourth-order valence-corrected chi connectivity index (χ4v) is 2.65. The lowest BCUT2D eigenvalue weighted by Crippen LogP contribution is -2.24. The Morgan fingerprint density at radius 2 is 2.05 bits per heavy atom. The van der Waals surface area contributed by atoms with Crippen molar-refractivity contribution in [2.24, 2.45) is 0 Å². The predicted octanol–water partition coefficient (Wildman–Crippen LogP) is 2.36. The van der Waals surface area contributed by atoms with Crippen LogP contribution < -0.4 is 5.32 Å². The number of amides is 1. The van der Waals surface area contributed by atoms with E-state index in [-0.39, 0.29) is 5.91 Å². The zero-order valence-corrected chi connectivity index (χ0v) is 10.9. The Labute approximate surface area is 113 Å². The first kappa shape index (κ1) is 12.0. The molecule has 2 N–H and O–H groups in total. The van der Waals surface area contributed by atoms with Gasteiger partial charge in [0.1, 0.15) is 0 Å². The fraction of sp³-hybridized carbons (Fsp3) is 0.312. The van der Waals surface area contributed by atoms with Crippen LogP contribution in [0.25, 0.3) is 0 Å². The van der Waals surface area contributed by atoms with Gasteiger partial charge in [0.25, 0.3) is 0 Å². The maximum Gasteiger partial charge on any atom is 0.224 e. The van der Waals surface area contributed by atoms with Crippen LogP contribution in [0.15, 0.2) is 36.7 Å². The summed E-state index contributed by atoms with van der Waals surface area (Å²) >= 11 is 0. The highest BCUT2D eigenvalue weighted by atomic mass is 16.1. The molecule has 0 bridgehead atoms. The topological polar surface area (TPSA) is 44.9 Å². The number of carbonyl (C=O) groups excluding carboxylic acids is 1. The van der Waals surface area contributed by atoms with Crippen LogP contribution >= 0.6 is 0 Å². The molecule has 1 aliphatic rings. The average molecular weight is 254 g/mol. The molecule has 1 aromatic heterocycles. The van der Waals surface area contributed by atoms with E-state index in [9.17, 15) is 4.79 Å². The maximum absolute atomic E-state index is 11.9. The summed E-state index contributed by atoms with van der Waals surface area (Å²) in [6.07, 6.45) is 7.83. The first-order chi connectivity index (χ1) is 9.31. The van der Waals surface area contributed by atoms with E-state index < -0.39 is 0 Å². The number of nitrogens with one attached hydrogen (secondary N) is 2. The Hall–Kier alpha value is -2.03. The smallest absolute Gasteiger partial charge is 0.224 e. The number of rotatable bonds is 4. The van der Waals surface area contributed by atoms with Crippen molar-refractivity contribution in [1.29, 1.82) is 0 Å². The lowest BCUT2D eigenvalue weighted by molar-refractivity contribution is -0.120. The van der Waals surface area contributed by atoms with Gasteiger partial charge in [-0.3, -0.25) is 4.79 Å². The molecule has 0 fully saturated rings. The number of hydrogen-bond acceptors (Lipinski definition) is 1. The van der Waals surface area contributed by atoms with E-state index in [0.29, 0.717) is 13.0 Å². The quantitative estimate of drug-likeness (QED) is 0.864. The van der Waals surface area contributed by atoms with Crippen molar-refractivity contribution in [1.82, 2.24) is 10.3 Å². The zero-order chi connectivity index (χ0) is 13.1.